The van der Waals surface area contributed by atoms with E-state index < -0.39 is 21.2 Å². The number of nitrogens with one attached hydrogen (secondary N) is 1. The predicted molar refractivity (Wildman–Crippen MR) is 169 cm³/mol. The first kappa shape index (κ1) is 31.8. The summed E-state index contributed by atoms with van der Waals surface area (Å²) >= 11 is 6.32. The van der Waals surface area contributed by atoms with Gasteiger partial charge in [-0.3, -0.25) is 4.79 Å². The summed E-state index contributed by atoms with van der Waals surface area (Å²) in [6.07, 6.45) is 9.38. The van der Waals surface area contributed by atoms with Crippen molar-refractivity contribution in [1.82, 2.24) is 4.72 Å². The van der Waals surface area contributed by atoms with Crippen molar-refractivity contribution in [1.29, 1.82) is 0 Å². The summed E-state index contributed by atoms with van der Waals surface area (Å²) in [7, 11) is -0.802. The molecule has 1 aliphatic carbocycles. The zero-order chi connectivity index (χ0) is 30.6. The molecule has 0 aromatic heterocycles. The molecule has 0 radical (unpaired) electrons. The highest BCUT2D eigenvalue weighted by molar-refractivity contribution is 7.90. The van der Waals surface area contributed by atoms with Gasteiger partial charge in [0.05, 0.1) is 18.4 Å². The molecular weight excluding hydrogens is 588 g/mol. The zero-order valence-electron chi connectivity index (χ0n) is 25.3. The Bertz CT molecular complexity index is 1430. The molecule has 3 aliphatic rings. The number of benzene rings is 2. The normalized spacial score (nSPS) is 28.6. The fourth-order valence-electron chi connectivity index (χ4n) is 6.55. The lowest BCUT2D eigenvalue weighted by molar-refractivity contribution is 0.0133. The standard InChI is InChI=1S/C33H43ClN2O6S/c1-22-7-13-31(41-3)29-12-9-25(29)19-36-15-5-4-6-23-17-27(34)11-8-26(23)20-42-32-14-10-24(18-30(32)36)33(37)35-43(38,39)28(16-22)21-40-2/h7-8,10-11,13-14,17-18,22,25,28-29,31H,4-6,9,12,15-16,19-21H2,1-3H3,(H,35,37)/b13-7+/t22-,25-,28-,29+,31-/m0/s1. The summed E-state index contributed by atoms with van der Waals surface area (Å²) < 4.78 is 46.8. The Morgan fingerprint density at radius 3 is 2.65 bits per heavy atom. The summed E-state index contributed by atoms with van der Waals surface area (Å²) in [6.45, 7) is 3.90. The van der Waals surface area contributed by atoms with Gasteiger partial charge in [-0.15, -0.1) is 0 Å². The highest BCUT2D eigenvalue weighted by atomic mass is 35.5. The molecule has 1 fully saturated rings. The smallest absolute Gasteiger partial charge is 0.264 e. The van der Waals surface area contributed by atoms with Gasteiger partial charge in [0.1, 0.15) is 17.6 Å². The van der Waals surface area contributed by atoms with Crippen molar-refractivity contribution >= 4 is 33.2 Å². The zero-order valence-corrected chi connectivity index (χ0v) is 26.8. The lowest BCUT2D eigenvalue weighted by atomic mass is 9.70. The first-order valence-corrected chi connectivity index (χ1v) is 17.2. The number of sulfonamides is 1. The van der Waals surface area contributed by atoms with Crippen molar-refractivity contribution in [2.45, 2.75) is 63.4 Å². The number of hydrogen-bond donors (Lipinski definition) is 1. The number of rotatable bonds is 3. The number of carbonyl (C=O) groups is 1. The van der Waals surface area contributed by atoms with Crippen LogP contribution in [0.25, 0.3) is 0 Å². The van der Waals surface area contributed by atoms with Crippen LogP contribution in [-0.4, -0.2) is 59.6 Å². The first-order chi connectivity index (χ1) is 20.7. The van der Waals surface area contributed by atoms with E-state index in [4.69, 9.17) is 25.8 Å². The van der Waals surface area contributed by atoms with E-state index in [-0.39, 0.29) is 24.2 Å². The highest BCUT2D eigenvalue weighted by Crippen LogP contribution is 2.41. The van der Waals surface area contributed by atoms with Crippen LogP contribution < -0.4 is 14.4 Å². The Balaban J connectivity index is 1.55. The second kappa shape index (κ2) is 14.0. The maximum atomic E-state index is 13.4. The number of allylic oxidation sites excluding steroid dienone is 1. The summed E-state index contributed by atoms with van der Waals surface area (Å²) in [5.41, 5.74) is 3.34. The first-order valence-electron chi connectivity index (χ1n) is 15.2. The summed E-state index contributed by atoms with van der Waals surface area (Å²) in [5.74, 6) is 0.706. The van der Waals surface area contributed by atoms with Crippen LogP contribution >= 0.6 is 11.6 Å². The number of halogens is 1. The number of amides is 1. The van der Waals surface area contributed by atoms with Gasteiger partial charge in [-0.2, -0.15) is 0 Å². The molecule has 0 unspecified atom stereocenters. The molecule has 2 heterocycles. The van der Waals surface area contributed by atoms with E-state index in [2.05, 4.69) is 15.7 Å². The second-order valence-corrected chi connectivity index (χ2v) is 14.5. The largest absolute Gasteiger partial charge is 0.487 e. The third-order valence-electron chi connectivity index (χ3n) is 9.15. The van der Waals surface area contributed by atoms with E-state index in [1.165, 1.54) is 12.7 Å². The van der Waals surface area contributed by atoms with Crippen LogP contribution in [-0.2, 0) is 32.5 Å². The van der Waals surface area contributed by atoms with Crippen LogP contribution in [0.2, 0.25) is 5.02 Å². The number of nitrogens with zero attached hydrogens (tertiary/aromatic N) is 1. The second-order valence-electron chi connectivity index (χ2n) is 12.1. The lowest BCUT2D eigenvalue weighted by Crippen LogP contribution is -2.44. The number of hydrogen-bond acceptors (Lipinski definition) is 7. The summed E-state index contributed by atoms with van der Waals surface area (Å²) in [5, 5.41) is -0.176. The molecule has 2 aromatic carbocycles. The molecule has 8 nitrogen and oxygen atoms in total. The molecule has 5 rings (SSSR count). The van der Waals surface area contributed by atoms with Gasteiger partial charge in [0.15, 0.2) is 0 Å². The number of fused-ring (bicyclic) bond motifs is 3. The van der Waals surface area contributed by atoms with Gasteiger partial charge in [0, 0.05) is 37.9 Å². The van der Waals surface area contributed by atoms with Gasteiger partial charge in [-0.25, -0.2) is 13.1 Å². The van der Waals surface area contributed by atoms with Gasteiger partial charge in [0.25, 0.3) is 5.91 Å². The van der Waals surface area contributed by atoms with E-state index in [1.54, 1.807) is 25.3 Å². The topological polar surface area (TPSA) is 94.2 Å². The molecule has 1 amide bonds. The van der Waals surface area contributed by atoms with Crippen LogP contribution in [0.5, 0.6) is 5.75 Å². The monoisotopic (exact) mass is 630 g/mol. The van der Waals surface area contributed by atoms with Crippen LogP contribution in [0, 0.1) is 17.8 Å². The van der Waals surface area contributed by atoms with Crippen molar-refractivity contribution in [2.24, 2.45) is 17.8 Å². The maximum absolute atomic E-state index is 13.4. The van der Waals surface area contributed by atoms with Crippen molar-refractivity contribution < 1.29 is 27.4 Å². The molecular formula is C33H43ClN2O6S. The molecule has 1 saturated carbocycles. The molecule has 234 valence electrons. The molecule has 43 heavy (non-hydrogen) atoms. The minimum atomic E-state index is -4.02. The Labute approximate surface area is 260 Å². The van der Waals surface area contributed by atoms with E-state index in [0.717, 1.165) is 56.4 Å². The van der Waals surface area contributed by atoms with Crippen molar-refractivity contribution in [2.75, 3.05) is 38.8 Å². The number of carbonyl (C=O) groups excluding carboxylic acids is 1. The summed E-state index contributed by atoms with van der Waals surface area (Å²) in [4.78, 5) is 15.8. The van der Waals surface area contributed by atoms with Crippen LogP contribution in [0.3, 0.4) is 0 Å². The Kier molecular flexibility index (Phi) is 10.4. The maximum Gasteiger partial charge on any atom is 0.264 e. The third kappa shape index (κ3) is 7.56. The van der Waals surface area contributed by atoms with Gasteiger partial charge in [-0.05, 0) is 97.7 Å². The van der Waals surface area contributed by atoms with Gasteiger partial charge < -0.3 is 19.1 Å². The molecule has 0 spiro atoms. The van der Waals surface area contributed by atoms with E-state index in [9.17, 15) is 13.2 Å². The minimum absolute atomic E-state index is 0.0162. The van der Waals surface area contributed by atoms with E-state index in [0.29, 0.717) is 35.6 Å². The lowest BCUT2D eigenvalue weighted by Gasteiger charge is -2.43. The average molecular weight is 631 g/mol. The predicted octanol–water partition coefficient (Wildman–Crippen LogP) is 5.77. The van der Waals surface area contributed by atoms with E-state index >= 15 is 0 Å². The van der Waals surface area contributed by atoms with Crippen molar-refractivity contribution in [3.8, 4) is 5.75 Å². The van der Waals surface area contributed by atoms with Crippen molar-refractivity contribution in [3.63, 3.8) is 0 Å². The Hall–Kier alpha value is -2.59. The fraction of sp³-hybridized carbons (Fsp3) is 0.545. The van der Waals surface area contributed by atoms with E-state index in [1.807, 2.05) is 31.2 Å². The summed E-state index contributed by atoms with van der Waals surface area (Å²) in [6, 6.07) is 11.1. The fourth-order valence-corrected chi connectivity index (χ4v) is 8.16. The molecule has 1 N–H and O–H groups in total. The van der Waals surface area contributed by atoms with Crippen LogP contribution in [0.15, 0.2) is 48.6 Å². The minimum Gasteiger partial charge on any atom is -0.487 e. The molecule has 0 saturated heterocycles. The highest BCUT2D eigenvalue weighted by Gasteiger charge is 2.38. The van der Waals surface area contributed by atoms with Gasteiger partial charge in [0.2, 0.25) is 10.0 Å². The Morgan fingerprint density at radius 1 is 1.07 bits per heavy atom. The van der Waals surface area contributed by atoms with Gasteiger partial charge in [-0.1, -0.05) is 36.7 Å². The number of methoxy groups -OCH3 is 2. The molecule has 10 heteroatoms. The number of aryl methyl sites for hydroxylation is 1. The van der Waals surface area contributed by atoms with Crippen LogP contribution in [0.1, 0.15) is 60.5 Å². The average Bonchev–Trinajstić information content (AvgIpc) is 2.99. The van der Waals surface area contributed by atoms with Crippen molar-refractivity contribution in [3.05, 3.63) is 70.3 Å². The Morgan fingerprint density at radius 2 is 1.91 bits per heavy atom. The quantitative estimate of drug-likeness (QED) is 0.430. The van der Waals surface area contributed by atoms with Gasteiger partial charge >= 0.3 is 0 Å². The molecule has 2 bridgehead atoms. The number of ether oxygens (including phenoxy) is 3. The molecule has 2 aliphatic heterocycles. The van der Waals surface area contributed by atoms with Crippen LogP contribution in [0.4, 0.5) is 5.69 Å². The number of anilines is 1. The SMILES string of the molecule is COC[C@@H]1C[C@@H](C)/C=C/[C@H](OC)[C@@H]2CC[C@H]2CN2CCCCc3cc(Cl)ccc3COc3ccc(cc32)C(=O)NS1(=O)=O. The molecule has 5 atom stereocenters. The third-order valence-corrected chi connectivity index (χ3v) is 11.1. The molecule has 2 aromatic rings.